The Kier molecular flexibility index (Phi) is 6.05. The van der Waals surface area contributed by atoms with Crippen molar-refractivity contribution in [2.24, 2.45) is 0 Å². The first-order chi connectivity index (χ1) is 16.6. The molecule has 0 aliphatic carbocycles. The van der Waals surface area contributed by atoms with Gasteiger partial charge in [0.2, 0.25) is 12.7 Å². The number of fused-ring (bicyclic) bond motifs is 2. The minimum absolute atomic E-state index is 0.141. The van der Waals surface area contributed by atoms with Crippen LogP contribution in [0.2, 0.25) is 0 Å². The Labute approximate surface area is 200 Å². The molecule has 3 aromatic carbocycles. The summed E-state index contributed by atoms with van der Waals surface area (Å²) in [4.78, 5) is 17.8. The Bertz CT molecular complexity index is 1360. The first kappa shape index (κ1) is 21.8. The third-order valence-corrected chi connectivity index (χ3v) is 6.44. The fraction of sp³-hybridized carbons (Fsp3) is 0.154. The molecule has 0 unspecified atom stereocenters. The Morgan fingerprint density at radius 2 is 1.85 bits per heavy atom. The number of nitrogens with zero attached hydrogens (tertiary/aromatic N) is 1. The van der Waals surface area contributed by atoms with Crippen LogP contribution in [-0.4, -0.2) is 31.9 Å². The van der Waals surface area contributed by atoms with Gasteiger partial charge in [0.1, 0.15) is 5.01 Å². The molecule has 0 saturated heterocycles. The monoisotopic (exact) mass is 474 g/mol. The fourth-order valence-corrected chi connectivity index (χ4v) is 4.67. The molecule has 0 saturated carbocycles. The molecule has 1 aliphatic rings. The number of amides is 1. The second-order valence-electron chi connectivity index (χ2n) is 7.56. The first-order valence-corrected chi connectivity index (χ1v) is 11.4. The van der Waals surface area contributed by atoms with E-state index in [1.807, 2.05) is 48.5 Å². The van der Waals surface area contributed by atoms with Gasteiger partial charge in [0.15, 0.2) is 23.0 Å². The lowest BCUT2D eigenvalue weighted by molar-refractivity contribution is -0.115. The number of nitrogens with one attached hydrogen (secondary N) is 1. The Hall–Kier alpha value is -4.04. The molecule has 7 nitrogen and oxygen atoms in total. The average Bonchev–Trinajstić information content (AvgIpc) is 3.50. The zero-order valence-electron chi connectivity index (χ0n) is 18.7. The highest BCUT2D eigenvalue weighted by atomic mass is 32.1. The van der Waals surface area contributed by atoms with E-state index in [1.165, 1.54) is 0 Å². The fourth-order valence-electron chi connectivity index (χ4n) is 3.69. The van der Waals surface area contributed by atoms with E-state index in [-0.39, 0.29) is 19.1 Å². The summed E-state index contributed by atoms with van der Waals surface area (Å²) < 4.78 is 22.6. The van der Waals surface area contributed by atoms with Gasteiger partial charge in [0.05, 0.1) is 30.9 Å². The van der Waals surface area contributed by atoms with Gasteiger partial charge in [-0.05, 0) is 53.6 Å². The quantitative estimate of drug-likeness (QED) is 0.375. The van der Waals surface area contributed by atoms with Gasteiger partial charge in [-0.3, -0.25) is 4.79 Å². The van der Waals surface area contributed by atoms with Crippen molar-refractivity contribution < 1.29 is 23.7 Å². The number of anilines is 1. The lowest BCUT2D eigenvalue weighted by atomic mass is 10.1. The van der Waals surface area contributed by atoms with Gasteiger partial charge >= 0.3 is 0 Å². The lowest BCUT2D eigenvalue weighted by Crippen LogP contribution is -2.12. The lowest BCUT2D eigenvalue weighted by Gasteiger charge is -2.10. The molecule has 1 aliphatic heterocycles. The third-order valence-electron chi connectivity index (χ3n) is 5.32. The molecule has 1 amide bonds. The molecule has 0 fully saturated rings. The van der Waals surface area contributed by atoms with Crippen LogP contribution in [0, 0.1) is 0 Å². The van der Waals surface area contributed by atoms with Crippen LogP contribution in [0.5, 0.6) is 23.0 Å². The van der Waals surface area contributed by atoms with Gasteiger partial charge in [-0.2, -0.15) is 0 Å². The van der Waals surface area contributed by atoms with E-state index in [4.69, 9.17) is 23.9 Å². The van der Waals surface area contributed by atoms with Gasteiger partial charge < -0.3 is 24.3 Å². The van der Waals surface area contributed by atoms with Crippen LogP contribution in [0.15, 0.2) is 60.7 Å². The van der Waals surface area contributed by atoms with Gasteiger partial charge in [0, 0.05) is 11.8 Å². The van der Waals surface area contributed by atoms with E-state index in [2.05, 4.69) is 5.32 Å². The molecule has 2 heterocycles. The standard InChI is InChI=1S/C26H22N2O5S/c1-30-20-9-7-16(12-22(20)31-2)11-17(26-28-19-5-3-4-6-24(19)34-26)13-25(29)27-18-8-10-21-23(14-18)33-15-32-21/h3-12,14H,13,15H2,1-2H3,(H,27,29)/b17-11-. The summed E-state index contributed by atoms with van der Waals surface area (Å²) >= 11 is 1.55. The molecular weight excluding hydrogens is 452 g/mol. The van der Waals surface area contributed by atoms with Crippen LogP contribution in [0.4, 0.5) is 5.69 Å². The minimum Gasteiger partial charge on any atom is -0.493 e. The minimum atomic E-state index is -0.162. The van der Waals surface area contributed by atoms with Crippen molar-refractivity contribution in [3.05, 3.63) is 71.2 Å². The maximum Gasteiger partial charge on any atom is 0.231 e. The Balaban J connectivity index is 1.46. The maximum absolute atomic E-state index is 13.0. The van der Waals surface area contributed by atoms with E-state index in [9.17, 15) is 4.79 Å². The number of carbonyl (C=O) groups is 1. The number of hydrogen-bond acceptors (Lipinski definition) is 7. The number of ether oxygens (including phenoxy) is 4. The van der Waals surface area contributed by atoms with Crippen molar-refractivity contribution in [3.8, 4) is 23.0 Å². The van der Waals surface area contributed by atoms with Gasteiger partial charge in [-0.15, -0.1) is 11.3 Å². The van der Waals surface area contributed by atoms with Crippen molar-refractivity contribution in [1.82, 2.24) is 4.98 Å². The van der Waals surface area contributed by atoms with Crippen molar-refractivity contribution >= 4 is 44.8 Å². The van der Waals surface area contributed by atoms with Crippen molar-refractivity contribution in [1.29, 1.82) is 0 Å². The van der Waals surface area contributed by atoms with Crippen molar-refractivity contribution in [2.75, 3.05) is 26.3 Å². The molecule has 5 rings (SSSR count). The van der Waals surface area contributed by atoms with Gasteiger partial charge in [0.25, 0.3) is 0 Å². The number of hydrogen-bond donors (Lipinski definition) is 1. The molecular formula is C26H22N2O5S. The van der Waals surface area contributed by atoms with Crippen LogP contribution in [0.25, 0.3) is 21.9 Å². The second kappa shape index (κ2) is 9.44. The summed E-state index contributed by atoms with van der Waals surface area (Å²) in [6.45, 7) is 0.183. The van der Waals surface area contributed by atoms with Crippen molar-refractivity contribution in [2.45, 2.75) is 6.42 Å². The molecule has 4 aromatic rings. The number of thiazole rings is 1. The van der Waals surface area contributed by atoms with Crippen molar-refractivity contribution in [3.63, 3.8) is 0 Å². The van der Waals surface area contributed by atoms with E-state index in [0.29, 0.717) is 28.7 Å². The number of rotatable bonds is 7. The highest BCUT2D eigenvalue weighted by molar-refractivity contribution is 7.19. The van der Waals surface area contributed by atoms with E-state index < -0.39 is 0 Å². The molecule has 8 heteroatoms. The maximum atomic E-state index is 13.0. The summed E-state index contributed by atoms with van der Waals surface area (Å²) in [7, 11) is 3.19. The van der Waals surface area contributed by atoms with Crippen LogP contribution in [-0.2, 0) is 4.79 Å². The van der Waals surface area contributed by atoms with Crippen LogP contribution in [0.1, 0.15) is 17.0 Å². The predicted molar refractivity (Wildman–Crippen MR) is 133 cm³/mol. The normalized spacial score (nSPS) is 12.6. The van der Waals surface area contributed by atoms with Gasteiger partial charge in [-0.25, -0.2) is 4.98 Å². The number of methoxy groups -OCH3 is 2. The van der Waals surface area contributed by atoms with E-state index >= 15 is 0 Å². The average molecular weight is 475 g/mol. The Morgan fingerprint density at radius 3 is 2.68 bits per heavy atom. The number of aromatic nitrogens is 1. The van der Waals surface area contributed by atoms with E-state index in [1.54, 1.807) is 43.8 Å². The molecule has 0 bridgehead atoms. The van der Waals surface area contributed by atoms with Gasteiger partial charge in [-0.1, -0.05) is 18.2 Å². The largest absolute Gasteiger partial charge is 0.493 e. The summed E-state index contributed by atoms with van der Waals surface area (Å²) in [5.41, 5.74) is 3.22. The van der Waals surface area contributed by atoms with Crippen LogP contribution < -0.4 is 24.3 Å². The number of benzene rings is 3. The number of carbonyl (C=O) groups excluding carboxylic acids is 1. The number of para-hydroxylation sites is 1. The Morgan fingerprint density at radius 1 is 1.03 bits per heavy atom. The van der Waals surface area contributed by atoms with Crippen LogP contribution in [0.3, 0.4) is 0 Å². The topological polar surface area (TPSA) is 78.9 Å². The predicted octanol–water partition coefficient (Wildman–Crippen LogP) is 5.61. The van der Waals surface area contributed by atoms with E-state index in [0.717, 1.165) is 26.4 Å². The highest BCUT2D eigenvalue weighted by Crippen LogP contribution is 2.35. The third kappa shape index (κ3) is 4.53. The molecule has 172 valence electrons. The SMILES string of the molecule is COc1ccc(/C=C(/CC(=O)Nc2ccc3c(c2)OCO3)c2nc3ccccc3s2)cc1OC. The molecule has 34 heavy (non-hydrogen) atoms. The molecule has 1 N–H and O–H groups in total. The van der Waals surface area contributed by atoms with Crippen LogP contribution >= 0.6 is 11.3 Å². The highest BCUT2D eigenvalue weighted by Gasteiger charge is 2.17. The smallest absolute Gasteiger partial charge is 0.231 e. The molecule has 0 radical (unpaired) electrons. The summed E-state index contributed by atoms with van der Waals surface area (Å²) in [6, 6.07) is 18.9. The summed E-state index contributed by atoms with van der Waals surface area (Å²) in [5, 5.41) is 3.74. The molecule has 1 aromatic heterocycles. The zero-order chi connectivity index (χ0) is 23.5. The zero-order valence-corrected chi connectivity index (χ0v) is 19.5. The first-order valence-electron chi connectivity index (χ1n) is 10.6. The second-order valence-corrected chi connectivity index (χ2v) is 8.59. The summed E-state index contributed by atoms with van der Waals surface area (Å²) in [6.07, 6.45) is 2.10. The summed E-state index contributed by atoms with van der Waals surface area (Å²) in [5.74, 6) is 2.38. The molecule has 0 spiro atoms. The molecule has 0 atom stereocenters.